The summed E-state index contributed by atoms with van der Waals surface area (Å²) in [6.07, 6.45) is 1.51. The van der Waals surface area contributed by atoms with Gasteiger partial charge in [0.1, 0.15) is 0 Å². The van der Waals surface area contributed by atoms with E-state index in [1.807, 2.05) is 6.92 Å². The molecule has 1 aliphatic heterocycles. The lowest BCUT2D eigenvalue weighted by Gasteiger charge is -2.37. The average molecular weight is 181 g/mol. The smallest absolute Gasteiger partial charge is 0.0675 e. The van der Waals surface area contributed by atoms with Gasteiger partial charge in [0.05, 0.1) is 19.3 Å². The molecule has 1 heterocycles. The molecule has 2 nitrogen and oxygen atoms in total. The Labute approximate surface area is 81.3 Å². The van der Waals surface area contributed by atoms with Crippen LogP contribution < -0.4 is 0 Å². The minimum atomic E-state index is 0.362. The van der Waals surface area contributed by atoms with Crippen LogP contribution in [-0.4, -0.2) is 36.7 Å². The first-order chi connectivity index (χ1) is 6.27. The molecule has 2 unspecified atom stereocenters. The summed E-state index contributed by atoms with van der Waals surface area (Å²) in [4.78, 5) is 2.42. The molecule has 0 aromatic heterocycles. The highest BCUT2D eigenvalue weighted by Crippen LogP contribution is 2.13. The predicted molar refractivity (Wildman–Crippen MR) is 54.5 cm³/mol. The summed E-state index contributed by atoms with van der Waals surface area (Å²) < 4.78 is 5.60. The molecule has 0 N–H and O–H groups in total. The summed E-state index contributed by atoms with van der Waals surface area (Å²) >= 11 is 0. The fourth-order valence-electron chi connectivity index (χ4n) is 1.66. The van der Waals surface area contributed by atoms with Gasteiger partial charge in [0.25, 0.3) is 0 Å². The van der Waals surface area contributed by atoms with Gasteiger partial charge >= 0.3 is 0 Å². The Hall–Kier alpha value is -0.520. The number of rotatable bonds is 2. The van der Waals surface area contributed by atoms with Gasteiger partial charge in [0.15, 0.2) is 0 Å². The number of nitrogens with zero attached hydrogens (tertiary/aromatic N) is 1. The Morgan fingerprint density at radius 1 is 1.54 bits per heavy atom. The van der Waals surface area contributed by atoms with Crippen molar-refractivity contribution >= 4 is 0 Å². The Bertz CT molecular complexity index is 204. The molecule has 0 radical (unpaired) electrons. The van der Waals surface area contributed by atoms with E-state index in [0.717, 1.165) is 26.1 Å². The molecule has 2 heteroatoms. The molecule has 1 saturated heterocycles. The molecule has 0 spiro atoms. The zero-order chi connectivity index (χ0) is 9.68. The number of hydrogen-bond donors (Lipinski definition) is 0. The van der Waals surface area contributed by atoms with Crippen molar-refractivity contribution in [2.75, 3.05) is 19.7 Å². The molecule has 74 valence electrons. The van der Waals surface area contributed by atoms with Gasteiger partial charge in [-0.25, -0.2) is 0 Å². The monoisotopic (exact) mass is 181 g/mol. The maximum Gasteiger partial charge on any atom is 0.0675 e. The molecule has 1 fully saturated rings. The molecule has 1 rings (SSSR count). The first kappa shape index (κ1) is 10.6. The lowest BCUT2D eigenvalue weighted by atomic mass is 10.1. The van der Waals surface area contributed by atoms with Crippen molar-refractivity contribution in [3.8, 4) is 11.8 Å². The van der Waals surface area contributed by atoms with Gasteiger partial charge in [-0.2, -0.15) is 0 Å². The van der Waals surface area contributed by atoms with Crippen molar-refractivity contribution in [2.45, 2.75) is 39.3 Å². The Kier molecular flexibility index (Phi) is 4.27. The zero-order valence-corrected chi connectivity index (χ0v) is 8.84. The van der Waals surface area contributed by atoms with Crippen LogP contribution >= 0.6 is 0 Å². The molecule has 0 aliphatic carbocycles. The van der Waals surface area contributed by atoms with Gasteiger partial charge in [-0.1, -0.05) is 12.8 Å². The second-order valence-corrected chi connectivity index (χ2v) is 3.56. The third-order valence-corrected chi connectivity index (χ3v) is 2.51. The Morgan fingerprint density at radius 3 is 2.92 bits per heavy atom. The maximum absolute atomic E-state index is 5.60. The lowest BCUT2D eigenvalue weighted by Crippen LogP contribution is -2.48. The van der Waals surface area contributed by atoms with Gasteiger partial charge in [-0.3, -0.25) is 4.90 Å². The normalized spacial score (nSPS) is 29.5. The number of ether oxygens (including phenoxy) is 1. The standard InChI is InChI=1S/C11H19NO/c1-4-6-7-12-8-10(3)13-9-11(12)5-2/h10-11H,5,7-9H2,1-3H3. The Balaban J connectivity index is 2.47. The van der Waals surface area contributed by atoms with Crippen molar-refractivity contribution in [2.24, 2.45) is 0 Å². The topological polar surface area (TPSA) is 12.5 Å². The van der Waals surface area contributed by atoms with E-state index in [1.165, 1.54) is 0 Å². The van der Waals surface area contributed by atoms with Crippen molar-refractivity contribution in [1.82, 2.24) is 4.90 Å². The first-order valence-electron chi connectivity index (χ1n) is 5.03. The van der Waals surface area contributed by atoms with Gasteiger partial charge in [-0.15, -0.1) is 5.92 Å². The highest BCUT2D eigenvalue weighted by atomic mass is 16.5. The third-order valence-electron chi connectivity index (χ3n) is 2.51. The second-order valence-electron chi connectivity index (χ2n) is 3.56. The molecule has 0 aromatic rings. The van der Waals surface area contributed by atoms with E-state index in [2.05, 4.69) is 30.6 Å². The van der Waals surface area contributed by atoms with E-state index in [0.29, 0.717) is 12.1 Å². The van der Waals surface area contributed by atoms with Crippen molar-refractivity contribution < 1.29 is 4.74 Å². The molecule has 0 amide bonds. The molecule has 0 aromatic carbocycles. The summed E-state index contributed by atoms with van der Waals surface area (Å²) in [7, 11) is 0. The largest absolute Gasteiger partial charge is 0.376 e. The minimum absolute atomic E-state index is 0.362. The summed E-state index contributed by atoms with van der Waals surface area (Å²) in [6, 6.07) is 0.567. The molecular weight excluding hydrogens is 162 g/mol. The van der Waals surface area contributed by atoms with Crippen LogP contribution in [-0.2, 0) is 4.74 Å². The summed E-state index contributed by atoms with van der Waals surface area (Å²) in [6.45, 7) is 9.00. The van der Waals surface area contributed by atoms with Crippen molar-refractivity contribution in [1.29, 1.82) is 0 Å². The highest BCUT2D eigenvalue weighted by Gasteiger charge is 2.24. The second kappa shape index (κ2) is 5.26. The summed E-state index contributed by atoms with van der Waals surface area (Å²) in [5.74, 6) is 6.07. The predicted octanol–water partition coefficient (Wildman–Crippen LogP) is 1.51. The van der Waals surface area contributed by atoms with Crippen molar-refractivity contribution in [3.05, 3.63) is 0 Å². The quantitative estimate of drug-likeness (QED) is 0.599. The van der Waals surface area contributed by atoms with E-state index >= 15 is 0 Å². The van der Waals surface area contributed by atoms with Gasteiger partial charge in [0.2, 0.25) is 0 Å². The van der Waals surface area contributed by atoms with Crippen LogP contribution in [0.5, 0.6) is 0 Å². The van der Waals surface area contributed by atoms with Crippen LogP contribution in [0.25, 0.3) is 0 Å². The van der Waals surface area contributed by atoms with Crippen molar-refractivity contribution in [3.63, 3.8) is 0 Å². The van der Waals surface area contributed by atoms with Crippen LogP contribution in [0.4, 0.5) is 0 Å². The van der Waals surface area contributed by atoms with Crippen LogP contribution in [0.3, 0.4) is 0 Å². The molecule has 0 bridgehead atoms. The van der Waals surface area contributed by atoms with Crippen LogP contribution in [0, 0.1) is 11.8 Å². The van der Waals surface area contributed by atoms with E-state index in [-0.39, 0.29) is 0 Å². The van der Waals surface area contributed by atoms with Crippen LogP contribution in [0.1, 0.15) is 27.2 Å². The molecule has 2 atom stereocenters. The van der Waals surface area contributed by atoms with Gasteiger partial charge < -0.3 is 4.74 Å². The molecule has 13 heavy (non-hydrogen) atoms. The van der Waals surface area contributed by atoms with Gasteiger partial charge in [0, 0.05) is 12.6 Å². The fourth-order valence-corrected chi connectivity index (χ4v) is 1.66. The Morgan fingerprint density at radius 2 is 2.31 bits per heavy atom. The number of hydrogen-bond acceptors (Lipinski definition) is 2. The molecule has 1 aliphatic rings. The van der Waals surface area contributed by atoms with E-state index < -0.39 is 0 Å². The van der Waals surface area contributed by atoms with E-state index in [4.69, 9.17) is 4.74 Å². The summed E-state index contributed by atoms with van der Waals surface area (Å²) in [5.41, 5.74) is 0. The van der Waals surface area contributed by atoms with Crippen LogP contribution in [0.15, 0.2) is 0 Å². The lowest BCUT2D eigenvalue weighted by molar-refractivity contribution is -0.0504. The molecular formula is C11H19NO. The van der Waals surface area contributed by atoms with Crippen LogP contribution in [0.2, 0.25) is 0 Å². The SMILES string of the molecule is CC#CCN1CC(C)OCC1CC. The maximum atomic E-state index is 5.60. The van der Waals surface area contributed by atoms with E-state index in [9.17, 15) is 0 Å². The highest BCUT2D eigenvalue weighted by molar-refractivity contribution is 4.99. The van der Waals surface area contributed by atoms with Gasteiger partial charge in [-0.05, 0) is 20.3 Å². The number of morpholine rings is 1. The average Bonchev–Trinajstić information content (AvgIpc) is 2.15. The zero-order valence-electron chi connectivity index (χ0n) is 8.84. The first-order valence-corrected chi connectivity index (χ1v) is 5.03. The summed E-state index contributed by atoms with van der Waals surface area (Å²) in [5, 5.41) is 0. The minimum Gasteiger partial charge on any atom is -0.376 e. The molecule has 0 saturated carbocycles. The third kappa shape index (κ3) is 3.02. The van der Waals surface area contributed by atoms with E-state index in [1.54, 1.807) is 0 Å². The fraction of sp³-hybridized carbons (Fsp3) is 0.818.